The molecule has 146 valence electrons. The zero-order valence-electron chi connectivity index (χ0n) is 15.1. The molecule has 0 spiro atoms. The lowest BCUT2D eigenvalue weighted by Crippen LogP contribution is -2.29. The smallest absolute Gasteiger partial charge is 0.251 e. The van der Waals surface area contributed by atoms with Gasteiger partial charge < -0.3 is 10.6 Å². The second-order valence-electron chi connectivity index (χ2n) is 6.46. The number of nitrogens with one attached hydrogen (secondary N) is 2. The Hall–Kier alpha value is -2.65. The van der Waals surface area contributed by atoms with Crippen molar-refractivity contribution in [2.75, 3.05) is 35.0 Å². The normalized spacial score (nSPS) is 15.6. The zero-order chi connectivity index (χ0) is 19.6. The van der Waals surface area contributed by atoms with E-state index in [1.54, 1.807) is 35.6 Å². The molecule has 1 aromatic heterocycles. The predicted octanol–water partition coefficient (Wildman–Crippen LogP) is 2.68. The number of fused-ring (bicyclic) bond motifs is 1. The van der Waals surface area contributed by atoms with Gasteiger partial charge in [0.1, 0.15) is 0 Å². The second kappa shape index (κ2) is 7.76. The molecule has 1 aliphatic rings. The topological polar surface area (TPSA) is 91.4 Å². The Morgan fingerprint density at radius 2 is 2.00 bits per heavy atom. The quantitative estimate of drug-likeness (QED) is 0.603. The van der Waals surface area contributed by atoms with Crippen LogP contribution in [0.4, 0.5) is 10.8 Å². The van der Waals surface area contributed by atoms with Crippen molar-refractivity contribution in [2.24, 2.45) is 0 Å². The van der Waals surface area contributed by atoms with Crippen LogP contribution >= 0.6 is 11.3 Å². The van der Waals surface area contributed by atoms with Crippen LogP contribution in [0.1, 0.15) is 16.8 Å². The Balaban J connectivity index is 1.33. The first-order valence-corrected chi connectivity index (χ1v) is 11.4. The van der Waals surface area contributed by atoms with Gasteiger partial charge in [-0.2, -0.15) is 0 Å². The number of thiazole rings is 1. The van der Waals surface area contributed by atoms with E-state index < -0.39 is 10.0 Å². The summed E-state index contributed by atoms with van der Waals surface area (Å²) in [5, 5.41) is 6.88. The molecule has 2 N–H and O–H groups in total. The lowest BCUT2D eigenvalue weighted by molar-refractivity contribution is 0.0955. The summed E-state index contributed by atoms with van der Waals surface area (Å²) in [4.78, 5) is 16.9. The molecular formula is C19H20N4O3S2. The van der Waals surface area contributed by atoms with Crippen molar-refractivity contribution in [3.8, 4) is 0 Å². The van der Waals surface area contributed by atoms with Crippen molar-refractivity contribution in [2.45, 2.75) is 6.42 Å². The van der Waals surface area contributed by atoms with E-state index in [0.717, 1.165) is 15.3 Å². The molecule has 0 aliphatic carbocycles. The van der Waals surface area contributed by atoms with Crippen LogP contribution in [-0.2, 0) is 10.0 Å². The highest BCUT2D eigenvalue weighted by molar-refractivity contribution is 7.93. The molecule has 0 saturated carbocycles. The number of benzene rings is 2. The summed E-state index contributed by atoms with van der Waals surface area (Å²) in [5.74, 6) is -0.0783. The fourth-order valence-corrected chi connectivity index (χ4v) is 5.57. The molecule has 0 unspecified atom stereocenters. The van der Waals surface area contributed by atoms with Crippen molar-refractivity contribution >= 4 is 48.3 Å². The van der Waals surface area contributed by atoms with E-state index in [1.807, 2.05) is 24.3 Å². The highest BCUT2D eigenvalue weighted by Gasteiger charge is 2.28. The third kappa shape index (κ3) is 3.95. The highest BCUT2D eigenvalue weighted by Crippen LogP contribution is 2.25. The average Bonchev–Trinajstić information content (AvgIpc) is 3.27. The maximum absolute atomic E-state index is 12.4. The van der Waals surface area contributed by atoms with Crippen LogP contribution in [0.2, 0.25) is 0 Å². The molecule has 1 amide bonds. The summed E-state index contributed by atoms with van der Waals surface area (Å²) in [6, 6.07) is 14.6. The van der Waals surface area contributed by atoms with E-state index in [1.165, 1.54) is 4.31 Å². The van der Waals surface area contributed by atoms with Gasteiger partial charge in [0.05, 0.1) is 21.7 Å². The van der Waals surface area contributed by atoms with Crippen molar-refractivity contribution in [1.29, 1.82) is 0 Å². The van der Waals surface area contributed by atoms with E-state index in [2.05, 4.69) is 15.6 Å². The summed E-state index contributed by atoms with van der Waals surface area (Å²) in [6.07, 6.45) is 0.607. The summed E-state index contributed by atoms with van der Waals surface area (Å²) in [6.45, 7) is 1.44. The number of para-hydroxylation sites is 1. The fourth-order valence-electron chi connectivity index (χ4n) is 3.13. The van der Waals surface area contributed by atoms with Gasteiger partial charge in [-0.15, -0.1) is 0 Å². The maximum Gasteiger partial charge on any atom is 0.251 e. The van der Waals surface area contributed by atoms with Gasteiger partial charge in [0.2, 0.25) is 10.0 Å². The number of rotatable bonds is 6. The molecular weight excluding hydrogens is 396 g/mol. The third-order valence-corrected chi connectivity index (χ3v) is 7.34. The Labute approximate surface area is 167 Å². The van der Waals surface area contributed by atoms with Gasteiger partial charge in [-0.25, -0.2) is 13.4 Å². The van der Waals surface area contributed by atoms with Crippen LogP contribution in [0.25, 0.3) is 10.2 Å². The van der Waals surface area contributed by atoms with Gasteiger partial charge >= 0.3 is 0 Å². The van der Waals surface area contributed by atoms with Gasteiger partial charge in [0, 0.05) is 25.2 Å². The van der Waals surface area contributed by atoms with Crippen LogP contribution in [0.15, 0.2) is 48.5 Å². The monoisotopic (exact) mass is 416 g/mol. The van der Waals surface area contributed by atoms with Crippen molar-refractivity contribution < 1.29 is 13.2 Å². The molecule has 2 heterocycles. The highest BCUT2D eigenvalue weighted by atomic mass is 32.2. The largest absolute Gasteiger partial charge is 0.360 e. The van der Waals surface area contributed by atoms with E-state index in [0.29, 0.717) is 37.3 Å². The number of hydrogen-bond donors (Lipinski definition) is 2. The molecule has 0 atom stereocenters. The maximum atomic E-state index is 12.4. The lowest BCUT2D eigenvalue weighted by Gasteiger charge is -2.17. The molecule has 1 saturated heterocycles. The molecule has 9 heteroatoms. The molecule has 3 aromatic rings. The first-order chi connectivity index (χ1) is 13.5. The molecule has 2 aromatic carbocycles. The van der Waals surface area contributed by atoms with E-state index in [4.69, 9.17) is 0 Å². The standard InChI is InChI=1S/C19H20N4O3S2/c24-18(14-5-3-6-15(13-14)23-11-4-12-28(23,25)26)20-9-10-21-19-22-16-7-1-2-8-17(16)27-19/h1-3,5-8,13H,4,9-12H2,(H,20,24)(H,21,22). The van der Waals surface area contributed by atoms with Gasteiger partial charge in [0.25, 0.3) is 5.91 Å². The van der Waals surface area contributed by atoms with Crippen molar-refractivity contribution in [1.82, 2.24) is 10.3 Å². The van der Waals surface area contributed by atoms with E-state index in [-0.39, 0.29) is 11.7 Å². The van der Waals surface area contributed by atoms with Gasteiger partial charge in [0.15, 0.2) is 5.13 Å². The lowest BCUT2D eigenvalue weighted by atomic mass is 10.2. The third-order valence-electron chi connectivity index (χ3n) is 4.48. The number of anilines is 2. The summed E-state index contributed by atoms with van der Waals surface area (Å²) >= 11 is 1.57. The number of hydrogen-bond acceptors (Lipinski definition) is 6. The van der Waals surface area contributed by atoms with E-state index in [9.17, 15) is 13.2 Å². The molecule has 0 bridgehead atoms. The number of amides is 1. The first-order valence-electron chi connectivity index (χ1n) is 9.01. The molecule has 7 nitrogen and oxygen atoms in total. The Kier molecular flexibility index (Phi) is 5.19. The van der Waals surface area contributed by atoms with Gasteiger partial charge in [-0.3, -0.25) is 9.10 Å². The fraction of sp³-hybridized carbons (Fsp3) is 0.263. The van der Waals surface area contributed by atoms with Crippen molar-refractivity contribution in [3.63, 3.8) is 0 Å². The second-order valence-corrected chi connectivity index (χ2v) is 9.50. The Morgan fingerprint density at radius 1 is 1.14 bits per heavy atom. The summed E-state index contributed by atoms with van der Waals surface area (Å²) in [5.41, 5.74) is 1.94. The number of aromatic nitrogens is 1. The van der Waals surface area contributed by atoms with Crippen LogP contribution in [0, 0.1) is 0 Å². The van der Waals surface area contributed by atoms with Crippen molar-refractivity contribution in [3.05, 3.63) is 54.1 Å². The molecule has 1 fully saturated rings. The number of carbonyl (C=O) groups is 1. The Morgan fingerprint density at radius 3 is 2.79 bits per heavy atom. The molecule has 0 radical (unpaired) electrons. The van der Waals surface area contributed by atoms with Crippen LogP contribution in [-0.4, -0.2) is 44.7 Å². The number of carbonyl (C=O) groups excluding carboxylic acids is 1. The number of nitrogens with zero attached hydrogens (tertiary/aromatic N) is 2. The predicted molar refractivity (Wildman–Crippen MR) is 113 cm³/mol. The molecule has 1 aliphatic heterocycles. The molecule has 4 rings (SSSR count). The zero-order valence-corrected chi connectivity index (χ0v) is 16.7. The SMILES string of the molecule is O=C(NCCNc1nc2ccccc2s1)c1cccc(N2CCCS2(=O)=O)c1. The summed E-state index contributed by atoms with van der Waals surface area (Å²) < 4.78 is 26.6. The minimum absolute atomic E-state index is 0.154. The minimum atomic E-state index is -3.26. The average molecular weight is 417 g/mol. The summed E-state index contributed by atoms with van der Waals surface area (Å²) in [7, 11) is -3.26. The van der Waals surface area contributed by atoms with Gasteiger partial charge in [-0.05, 0) is 36.8 Å². The van der Waals surface area contributed by atoms with Gasteiger partial charge in [-0.1, -0.05) is 29.5 Å². The minimum Gasteiger partial charge on any atom is -0.360 e. The Bertz CT molecular complexity index is 1080. The van der Waals surface area contributed by atoms with Crippen LogP contribution in [0.5, 0.6) is 0 Å². The molecule has 28 heavy (non-hydrogen) atoms. The van der Waals surface area contributed by atoms with E-state index >= 15 is 0 Å². The van der Waals surface area contributed by atoms with Crippen LogP contribution < -0.4 is 14.9 Å². The van der Waals surface area contributed by atoms with Crippen LogP contribution in [0.3, 0.4) is 0 Å². The first kappa shape index (κ1) is 18.7. The number of sulfonamides is 1.